The molecule has 2 rings (SSSR count). The Labute approximate surface area is 122 Å². The van der Waals surface area contributed by atoms with E-state index in [2.05, 4.69) is 0 Å². The first-order chi connectivity index (χ1) is 9.02. The molecular formula is C14H12Cl2O2S. The molecule has 0 N–H and O–H groups in total. The molecule has 0 heterocycles. The van der Waals surface area contributed by atoms with E-state index in [1.54, 1.807) is 48.5 Å². The third-order valence-electron chi connectivity index (χ3n) is 3.08. The van der Waals surface area contributed by atoms with Gasteiger partial charge in [-0.15, -0.1) is 11.6 Å². The Kier molecular flexibility index (Phi) is 4.19. The Morgan fingerprint density at radius 2 is 1.21 bits per heavy atom. The molecule has 100 valence electrons. The summed E-state index contributed by atoms with van der Waals surface area (Å²) in [5, 5.41) is 0. The van der Waals surface area contributed by atoms with E-state index in [9.17, 15) is 8.42 Å². The standard InChI is InChI=1S/C14H12Cl2O2S/c15-11-14(19(16,17)18,12-7-3-1-4-8-12)13-9-5-2-6-10-13/h1-10H,11H2. The van der Waals surface area contributed by atoms with Crippen molar-refractivity contribution in [2.24, 2.45) is 0 Å². The van der Waals surface area contributed by atoms with Crippen LogP contribution in [0.15, 0.2) is 60.7 Å². The van der Waals surface area contributed by atoms with E-state index in [0.717, 1.165) is 0 Å². The topological polar surface area (TPSA) is 34.1 Å². The van der Waals surface area contributed by atoms with Gasteiger partial charge < -0.3 is 0 Å². The second kappa shape index (κ2) is 5.53. The zero-order valence-electron chi connectivity index (χ0n) is 9.96. The summed E-state index contributed by atoms with van der Waals surface area (Å²) in [5.41, 5.74) is 1.12. The maximum atomic E-state index is 12.2. The van der Waals surface area contributed by atoms with E-state index in [4.69, 9.17) is 22.3 Å². The van der Waals surface area contributed by atoms with Crippen molar-refractivity contribution in [2.45, 2.75) is 4.75 Å². The number of hydrogen-bond acceptors (Lipinski definition) is 2. The molecule has 2 aromatic carbocycles. The van der Waals surface area contributed by atoms with Crippen LogP contribution in [0.2, 0.25) is 0 Å². The molecule has 0 atom stereocenters. The molecule has 2 aromatic rings. The predicted molar refractivity (Wildman–Crippen MR) is 79.2 cm³/mol. The van der Waals surface area contributed by atoms with Crippen LogP contribution in [0.4, 0.5) is 0 Å². The summed E-state index contributed by atoms with van der Waals surface area (Å²) in [4.78, 5) is 0. The van der Waals surface area contributed by atoms with Gasteiger partial charge in [0.15, 0.2) is 0 Å². The largest absolute Gasteiger partial charge is 0.247 e. The lowest BCUT2D eigenvalue weighted by Crippen LogP contribution is -2.36. The van der Waals surface area contributed by atoms with Gasteiger partial charge in [-0.05, 0) is 11.1 Å². The first-order valence-corrected chi connectivity index (χ1v) is 8.48. The molecule has 0 unspecified atom stereocenters. The van der Waals surface area contributed by atoms with Gasteiger partial charge in [-0.3, -0.25) is 0 Å². The smallest absolute Gasteiger partial charge is 0.211 e. The summed E-state index contributed by atoms with van der Waals surface area (Å²) in [7, 11) is 1.77. The van der Waals surface area contributed by atoms with Crippen LogP contribution in [0.1, 0.15) is 11.1 Å². The third-order valence-corrected chi connectivity index (χ3v) is 5.88. The van der Waals surface area contributed by atoms with Gasteiger partial charge in [0.1, 0.15) is 4.75 Å². The van der Waals surface area contributed by atoms with E-state index in [-0.39, 0.29) is 5.88 Å². The van der Waals surface area contributed by atoms with Crippen LogP contribution in [0, 0.1) is 0 Å². The van der Waals surface area contributed by atoms with Crippen molar-refractivity contribution in [3.05, 3.63) is 71.8 Å². The van der Waals surface area contributed by atoms with Crippen molar-refractivity contribution in [3.63, 3.8) is 0 Å². The summed E-state index contributed by atoms with van der Waals surface area (Å²) < 4.78 is 22.9. The predicted octanol–water partition coefficient (Wildman–Crippen LogP) is 3.74. The second-order valence-electron chi connectivity index (χ2n) is 4.13. The minimum Gasteiger partial charge on any atom is -0.211 e. The summed E-state index contributed by atoms with van der Waals surface area (Å²) in [6, 6.07) is 17.6. The molecule has 0 aromatic heterocycles. The van der Waals surface area contributed by atoms with Gasteiger partial charge in [-0.1, -0.05) is 60.7 Å². The van der Waals surface area contributed by atoms with Gasteiger partial charge in [0.25, 0.3) is 0 Å². The lowest BCUT2D eigenvalue weighted by atomic mass is 9.92. The monoisotopic (exact) mass is 314 g/mol. The number of rotatable bonds is 4. The van der Waals surface area contributed by atoms with E-state index < -0.39 is 13.8 Å². The number of benzene rings is 2. The van der Waals surface area contributed by atoms with Crippen LogP contribution in [-0.2, 0) is 13.8 Å². The van der Waals surface area contributed by atoms with Gasteiger partial charge in [-0.25, -0.2) is 8.42 Å². The molecule has 0 fully saturated rings. The van der Waals surface area contributed by atoms with E-state index in [1.807, 2.05) is 12.1 Å². The Morgan fingerprint density at radius 3 is 1.47 bits per heavy atom. The molecule has 0 saturated heterocycles. The van der Waals surface area contributed by atoms with Crippen LogP contribution in [0.3, 0.4) is 0 Å². The molecule has 0 aliphatic rings. The SMILES string of the molecule is O=S(=O)(Cl)C(CCl)(c1ccccc1)c1ccccc1. The van der Waals surface area contributed by atoms with Crippen LogP contribution < -0.4 is 0 Å². The average Bonchev–Trinajstić information content (AvgIpc) is 2.41. The van der Waals surface area contributed by atoms with Crippen molar-refractivity contribution in [2.75, 3.05) is 5.88 Å². The third kappa shape index (κ3) is 2.50. The molecule has 0 aliphatic carbocycles. The zero-order chi connectivity index (χ0) is 13.9. The van der Waals surface area contributed by atoms with Gasteiger partial charge >= 0.3 is 0 Å². The Balaban J connectivity index is 2.78. The minimum atomic E-state index is -3.94. The van der Waals surface area contributed by atoms with Crippen molar-refractivity contribution >= 4 is 31.3 Å². The van der Waals surface area contributed by atoms with Crippen molar-refractivity contribution < 1.29 is 8.42 Å². The fraction of sp³-hybridized carbons (Fsp3) is 0.143. The Bertz CT molecular complexity index is 600. The molecule has 2 nitrogen and oxygen atoms in total. The lowest BCUT2D eigenvalue weighted by Gasteiger charge is -2.29. The highest BCUT2D eigenvalue weighted by atomic mass is 35.7. The Morgan fingerprint density at radius 1 is 0.842 bits per heavy atom. The summed E-state index contributed by atoms with van der Waals surface area (Å²) in [5.74, 6) is -0.146. The molecule has 0 bridgehead atoms. The zero-order valence-corrected chi connectivity index (χ0v) is 12.3. The number of alkyl halides is 1. The van der Waals surface area contributed by atoms with Crippen molar-refractivity contribution in [3.8, 4) is 0 Å². The highest BCUT2D eigenvalue weighted by molar-refractivity contribution is 8.14. The van der Waals surface area contributed by atoms with E-state index in [0.29, 0.717) is 11.1 Å². The second-order valence-corrected chi connectivity index (χ2v) is 7.19. The van der Waals surface area contributed by atoms with Crippen LogP contribution in [-0.4, -0.2) is 14.3 Å². The summed E-state index contributed by atoms with van der Waals surface area (Å²) >= 11 is 6.01. The molecule has 19 heavy (non-hydrogen) atoms. The van der Waals surface area contributed by atoms with Crippen molar-refractivity contribution in [1.82, 2.24) is 0 Å². The van der Waals surface area contributed by atoms with Crippen LogP contribution >= 0.6 is 22.3 Å². The number of hydrogen-bond donors (Lipinski definition) is 0. The van der Waals surface area contributed by atoms with E-state index >= 15 is 0 Å². The highest BCUT2D eigenvalue weighted by Gasteiger charge is 2.45. The fourth-order valence-corrected chi connectivity index (χ4v) is 4.65. The van der Waals surface area contributed by atoms with Gasteiger partial charge in [0.05, 0.1) is 5.88 Å². The lowest BCUT2D eigenvalue weighted by molar-refractivity contribution is 0.581. The molecule has 0 radical (unpaired) electrons. The first-order valence-electron chi connectivity index (χ1n) is 5.63. The maximum Gasteiger partial charge on any atom is 0.247 e. The Hall–Kier alpha value is -1.03. The van der Waals surface area contributed by atoms with Gasteiger partial charge in [0.2, 0.25) is 9.05 Å². The first kappa shape index (κ1) is 14.4. The normalized spacial score (nSPS) is 12.3. The van der Waals surface area contributed by atoms with Crippen LogP contribution in [0.5, 0.6) is 0 Å². The van der Waals surface area contributed by atoms with Crippen LogP contribution in [0.25, 0.3) is 0 Å². The molecule has 0 amide bonds. The van der Waals surface area contributed by atoms with Gasteiger partial charge in [0, 0.05) is 10.7 Å². The summed E-state index contributed by atoms with van der Waals surface area (Å²) in [6.45, 7) is 0. The highest BCUT2D eigenvalue weighted by Crippen LogP contribution is 2.41. The molecular weight excluding hydrogens is 303 g/mol. The van der Waals surface area contributed by atoms with Gasteiger partial charge in [-0.2, -0.15) is 0 Å². The quantitative estimate of drug-likeness (QED) is 0.636. The maximum absolute atomic E-state index is 12.2. The minimum absolute atomic E-state index is 0.146. The molecule has 5 heteroatoms. The van der Waals surface area contributed by atoms with Crippen molar-refractivity contribution in [1.29, 1.82) is 0 Å². The molecule has 0 aliphatic heterocycles. The number of halogens is 2. The molecule has 0 saturated carbocycles. The summed E-state index contributed by atoms with van der Waals surface area (Å²) in [6.07, 6.45) is 0. The molecule has 0 spiro atoms. The average molecular weight is 315 g/mol. The van der Waals surface area contributed by atoms with E-state index in [1.165, 1.54) is 0 Å². The fourth-order valence-electron chi connectivity index (χ4n) is 2.08.